The molecular formula is C18H18BrClN6O. The van der Waals surface area contributed by atoms with Crippen LogP contribution in [0.1, 0.15) is 20.8 Å². The molecule has 0 fully saturated rings. The van der Waals surface area contributed by atoms with Crippen molar-refractivity contribution in [2.75, 3.05) is 11.1 Å². The van der Waals surface area contributed by atoms with Crippen LogP contribution in [-0.2, 0) is 0 Å². The van der Waals surface area contributed by atoms with Gasteiger partial charge < -0.3 is 11.1 Å². The lowest BCUT2D eigenvalue weighted by molar-refractivity contribution is 0.243. The molecule has 0 spiro atoms. The second-order valence-corrected chi connectivity index (χ2v) is 8.21. The number of carbonyl (C=O) groups is 1. The Kier molecular flexibility index (Phi) is 5.21. The van der Waals surface area contributed by atoms with Crippen LogP contribution in [0.2, 0.25) is 5.02 Å². The third kappa shape index (κ3) is 4.45. The number of nitrogens with zero attached hydrogens (tertiary/aromatic N) is 3. The van der Waals surface area contributed by atoms with E-state index in [2.05, 4.69) is 41.5 Å². The molecule has 1 aromatic carbocycles. The van der Waals surface area contributed by atoms with Crippen molar-refractivity contribution in [2.45, 2.75) is 26.3 Å². The Hall–Kier alpha value is -2.45. The highest BCUT2D eigenvalue weighted by Crippen LogP contribution is 2.39. The molecule has 2 heterocycles. The lowest BCUT2D eigenvalue weighted by atomic mass is 10.1. The van der Waals surface area contributed by atoms with E-state index in [1.165, 1.54) is 0 Å². The van der Waals surface area contributed by atoms with E-state index in [4.69, 9.17) is 17.3 Å². The Bertz CT molecular complexity index is 1010. The maximum atomic E-state index is 12.4. The number of pyridine rings is 1. The second-order valence-electron chi connectivity index (χ2n) is 6.95. The van der Waals surface area contributed by atoms with Crippen molar-refractivity contribution >= 4 is 56.4 Å². The number of nitrogen functional groups attached to an aromatic ring is 1. The molecular weight excluding hydrogens is 432 g/mol. The molecule has 0 saturated carbocycles. The Labute approximate surface area is 169 Å². The van der Waals surface area contributed by atoms with Crippen molar-refractivity contribution < 1.29 is 4.79 Å². The molecule has 3 rings (SSSR count). The number of benzene rings is 1. The minimum atomic E-state index is -0.404. The molecule has 140 valence electrons. The van der Waals surface area contributed by atoms with Gasteiger partial charge >= 0.3 is 6.03 Å². The minimum absolute atomic E-state index is 0.103. The standard InChI is InChI=1S/C18H18BrClN6O/c1-18(2,3)26-17(27)25-15-10(13-11(19)5-4-6-12(13)20)7-9-8-22-16(21)24-14(9)23-15/h4-8H,1-3H3,(H4,21,22,23,24,25,26,27). The SMILES string of the molecule is CC(C)(C)NC(=O)Nc1nc2nc(N)ncc2cc1-c1c(Cl)cccc1Br. The Morgan fingerprint density at radius 1 is 1.26 bits per heavy atom. The lowest BCUT2D eigenvalue weighted by Gasteiger charge is -2.21. The van der Waals surface area contributed by atoms with Gasteiger partial charge in [-0.15, -0.1) is 0 Å². The number of carbonyl (C=O) groups excluding carboxylic acids is 1. The van der Waals surface area contributed by atoms with Crippen molar-refractivity contribution in [1.29, 1.82) is 0 Å². The van der Waals surface area contributed by atoms with Crippen LogP contribution in [0.5, 0.6) is 0 Å². The number of halogens is 2. The predicted octanol–water partition coefficient (Wildman–Crippen LogP) is 4.61. The fraction of sp³-hybridized carbons (Fsp3) is 0.222. The van der Waals surface area contributed by atoms with E-state index in [1.54, 1.807) is 12.3 Å². The van der Waals surface area contributed by atoms with Crippen LogP contribution in [0.4, 0.5) is 16.6 Å². The molecule has 27 heavy (non-hydrogen) atoms. The number of amides is 2. The molecule has 0 aliphatic heterocycles. The summed E-state index contributed by atoms with van der Waals surface area (Å²) >= 11 is 9.93. The fourth-order valence-electron chi connectivity index (χ4n) is 2.50. The molecule has 0 aliphatic carbocycles. The molecule has 0 saturated heterocycles. The monoisotopic (exact) mass is 448 g/mol. The van der Waals surface area contributed by atoms with Gasteiger partial charge in [-0.05, 0) is 39.0 Å². The van der Waals surface area contributed by atoms with Gasteiger partial charge in [-0.2, -0.15) is 4.98 Å². The number of hydrogen-bond donors (Lipinski definition) is 3. The van der Waals surface area contributed by atoms with Crippen LogP contribution in [0, 0.1) is 0 Å². The van der Waals surface area contributed by atoms with Crippen molar-refractivity contribution in [1.82, 2.24) is 20.3 Å². The smallest absolute Gasteiger partial charge is 0.320 e. The second kappa shape index (κ2) is 7.28. The average Bonchev–Trinajstić information content (AvgIpc) is 2.53. The summed E-state index contributed by atoms with van der Waals surface area (Å²) in [5, 5.41) is 6.82. The van der Waals surface area contributed by atoms with Crippen molar-refractivity contribution in [3.8, 4) is 11.1 Å². The number of hydrogen-bond acceptors (Lipinski definition) is 5. The highest BCUT2D eigenvalue weighted by Gasteiger charge is 2.19. The Morgan fingerprint density at radius 2 is 2.00 bits per heavy atom. The fourth-order valence-corrected chi connectivity index (χ4v) is 3.47. The molecule has 0 unspecified atom stereocenters. The summed E-state index contributed by atoms with van der Waals surface area (Å²) < 4.78 is 0.770. The number of urea groups is 1. The van der Waals surface area contributed by atoms with Gasteiger partial charge in [0.25, 0.3) is 0 Å². The van der Waals surface area contributed by atoms with Crippen LogP contribution in [0.15, 0.2) is 34.9 Å². The number of rotatable bonds is 2. The van der Waals surface area contributed by atoms with Crippen LogP contribution in [0.25, 0.3) is 22.2 Å². The summed E-state index contributed by atoms with van der Waals surface area (Å²) in [6.07, 6.45) is 1.58. The third-order valence-electron chi connectivity index (χ3n) is 3.54. The average molecular weight is 450 g/mol. The summed E-state index contributed by atoms with van der Waals surface area (Å²) in [6.45, 7) is 5.67. The number of fused-ring (bicyclic) bond motifs is 1. The normalized spacial score (nSPS) is 11.4. The molecule has 0 bridgehead atoms. The van der Waals surface area contributed by atoms with E-state index in [0.29, 0.717) is 33.0 Å². The molecule has 7 nitrogen and oxygen atoms in total. The largest absolute Gasteiger partial charge is 0.368 e. The molecule has 2 amide bonds. The van der Waals surface area contributed by atoms with Gasteiger partial charge in [0.2, 0.25) is 5.95 Å². The summed E-state index contributed by atoms with van der Waals surface area (Å²) in [5.41, 5.74) is 6.98. The number of anilines is 2. The van der Waals surface area contributed by atoms with Crippen molar-refractivity contribution in [3.63, 3.8) is 0 Å². The molecule has 0 aliphatic rings. The Morgan fingerprint density at radius 3 is 2.67 bits per heavy atom. The van der Waals surface area contributed by atoms with E-state index >= 15 is 0 Å². The highest BCUT2D eigenvalue weighted by atomic mass is 79.9. The summed E-state index contributed by atoms with van der Waals surface area (Å²) in [4.78, 5) is 25.0. The number of nitrogens with two attached hydrogens (primary N) is 1. The van der Waals surface area contributed by atoms with Crippen LogP contribution >= 0.6 is 27.5 Å². The van der Waals surface area contributed by atoms with Gasteiger partial charge in [0.1, 0.15) is 5.82 Å². The lowest BCUT2D eigenvalue weighted by Crippen LogP contribution is -2.43. The van der Waals surface area contributed by atoms with E-state index < -0.39 is 5.54 Å². The van der Waals surface area contributed by atoms with E-state index in [9.17, 15) is 4.79 Å². The van der Waals surface area contributed by atoms with Gasteiger partial charge in [-0.1, -0.05) is 33.6 Å². The predicted molar refractivity (Wildman–Crippen MR) is 112 cm³/mol. The quantitative estimate of drug-likeness (QED) is 0.530. The van der Waals surface area contributed by atoms with E-state index in [-0.39, 0.29) is 12.0 Å². The maximum Gasteiger partial charge on any atom is 0.320 e. The first kappa shape index (κ1) is 19.3. The molecule has 3 aromatic rings. The summed E-state index contributed by atoms with van der Waals surface area (Å²) in [5.74, 6) is 0.419. The van der Waals surface area contributed by atoms with Crippen molar-refractivity contribution in [2.24, 2.45) is 0 Å². The Balaban J connectivity index is 2.18. The molecule has 0 atom stereocenters. The summed E-state index contributed by atoms with van der Waals surface area (Å²) in [6, 6.07) is 6.89. The highest BCUT2D eigenvalue weighted by molar-refractivity contribution is 9.10. The van der Waals surface area contributed by atoms with Gasteiger partial charge in [-0.25, -0.2) is 14.8 Å². The van der Waals surface area contributed by atoms with Gasteiger partial charge in [0, 0.05) is 37.7 Å². The van der Waals surface area contributed by atoms with Gasteiger partial charge in [-0.3, -0.25) is 5.32 Å². The molecule has 9 heteroatoms. The van der Waals surface area contributed by atoms with Gasteiger partial charge in [0.15, 0.2) is 5.65 Å². The zero-order valence-corrected chi connectivity index (χ0v) is 17.3. The third-order valence-corrected chi connectivity index (χ3v) is 4.52. The van der Waals surface area contributed by atoms with Crippen molar-refractivity contribution in [3.05, 3.63) is 40.0 Å². The molecule has 0 radical (unpaired) electrons. The van der Waals surface area contributed by atoms with Gasteiger partial charge in [0.05, 0.1) is 0 Å². The van der Waals surface area contributed by atoms with Crippen LogP contribution in [-0.4, -0.2) is 26.5 Å². The zero-order chi connectivity index (χ0) is 19.8. The minimum Gasteiger partial charge on any atom is -0.368 e. The zero-order valence-electron chi connectivity index (χ0n) is 15.0. The molecule has 4 N–H and O–H groups in total. The number of nitrogens with one attached hydrogen (secondary N) is 2. The first-order valence-corrected chi connectivity index (χ1v) is 9.28. The van der Waals surface area contributed by atoms with E-state index in [0.717, 1.165) is 4.47 Å². The topological polar surface area (TPSA) is 106 Å². The summed E-state index contributed by atoms with van der Waals surface area (Å²) in [7, 11) is 0. The van der Waals surface area contributed by atoms with E-state index in [1.807, 2.05) is 39.0 Å². The first-order chi connectivity index (χ1) is 12.6. The first-order valence-electron chi connectivity index (χ1n) is 8.11. The number of aromatic nitrogens is 3. The maximum absolute atomic E-state index is 12.4. The molecule has 2 aromatic heterocycles. The van der Waals surface area contributed by atoms with Crippen LogP contribution < -0.4 is 16.4 Å². The van der Waals surface area contributed by atoms with Crippen LogP contribution in [0.3, 0.4) is 0 Å².